The van der Waals surface area contributed by atoms with Crippen molar-refractivity contribution in [1.82, 2.24) is 15.0 Å². The van der Waals surface area contributed by atoms with Crippen molar-refractivity contribution >= 4 is 17.5 Å². The zero-order valence-electron chi connectivity index (χ0n) is 17.9. The number of nitrogens with zero attached hydrogens (tertiary/aromatic N) is 4. The minimum Gasteiger partial charge on any atom is -0.384 e. The monoisotopic (exact) mass is 404 g/mol. The van der Waals surface area contributed by atoms with Crippen LogP contribution in [0.25, 0.3) is 11.8 Å². The van der Waals surface area contributed by atoms with Crippen LogP contribution in [-0.4, -0.2) is 39.0 Å². The summed E-state index contributed by atoms with van der Waals surface area (Å²) in [5.41, 5.74) is 2.81. The highest BCUT2D eigenvalue weighted by Crippen LogP contribution is 2.19. The first-order valence-electron chi connectivity index (χ1n) is 10.1. The average Bonchev–Trinajstić information content (AvgIpc) is 3.25. The fourth-order valence-corrected chi connectivity index (χ4v) is 3.13. The van der Waals surface area contributed by atoms with Crippen LogP contribution in [0.1, 0.15) is 49.3 Å². The van der Waals surface area contributed by atoms with Crippen LogP contribution in [0.5, 0.6) is 0 Å². The summed E-state index contributed by atoms with van der Waals surface area (Å²) >= 11 is 0. The van der Waals surface area contributed by atoms with E-state index in [4.69, 9.17) is 0 Å². The fourth-order valence-electron chi connectivity index (χ4n) is 3.13. The van der Waals surface area contributed by atoms with E-state index >= 15 is 0 Å². The van der Waals surface area contributed by atoms with Gasteiger partial charge in [-0.1, -0.05) is 35.6 Å². The lowest BCUT2D eigenvalue weighted by Crippen LogP contribution is -2.21. The van der Waals surface area contributed by atoms with Crippen molar-refractivity contribution in [3.05, 3.63) is 77.6 Å². The van der Waals surface area contributed by atoms with Crippen LogP contribution in [0.3, 0.4) is 0 Å². The minimum absolute atomic E-state index is 0.0903. The summed E-state index contributed by atoms with van der Waals surface area (Å²) in [5, 5.41) is 18.1. The molecule has 1 aromatic heterocycles. The van der Waals surface area contributed by atoms with Gasteiger partial charge in [0.2, 0.25) is 0 Å². The highest BCUT2D eigenvalue weighted by molar-refractivity contribution is 6.07. The molecule has 3 rings (SSSR count). The van der Waals surface area contributed by atoms with Gasteiger partial charge in [0.25, 0.3) is 0 Å². The molecule has 0 aliphatic heterocycles. The van der Waals surface area contributed by atoms with Crippen molar-refractivity contribution in [2.24, 2.45) is 0 Å². The maximum atomic E-state index is 12.7. The molecule has 0 saturated carbocycles. The van der Waals surface area contributed by atoms with E-state index in [1.54, 1.807) is 49.0 Å². The van der Waals surface area contributed by atoms with E-state index in [1.165, 1.54) is 5.69 Å². The number of aliphatic hydroxyl groups is 1. The van der Waals surface area contributed by atoms with Crippen molar-refractivity contribution in [2.45, 2.75) is 33.3 Å². The van der Waals surface area contributed by atoms with E-state index in [0.717, 1.165) is 18.7 Å². The molecule has 30 heavy (non-hydrogen) atoms. The zero-order valence-corrected chi connectivity index (χ0v) is 17.9. The highest BCUT2D eigenvalue weighted by atomic mass is 16.3. The van der Waals surface area contributed by atoms with Crippen LogP contribution in [-0.2, 0) is 5.60 Å². The normalized spacial score (nSPS) is 11.8. The summed E-state index contributed by atoms with van der Waals surface area (Å²) in [7, 11) is 0. The molecular formula is C24H28N4O2. The molecule has 156 valence electrons. The first kappa shape index (κ1) is 21.5. The Bertz CT molecular complexity index is 1030. The molecule has 0 unspecified atom stereocenters. The molecule has 1 heterocycles. The Morgan fingerprint density at radius 1 is 1.13 bits per heavy atom. The average molecular weight is 405 g/mol. The third kappa shape index (κ3) is 5.02. The van der Waals surface area contributed by atoms with Crippen LogP contribution >= 0.6 is 0 Å². The molecule has 3 aromatic rings. The smallest absolute Gasteiger partial charge is 0.185 e. The van der Waals surface area contributed by atoms with Crippen molar-refractivity contribution < 1.29 is 9.90 Å². The van der Waals surface area contributed by atoms with E-state index in [-0.39, 0.29) is 5.78 Å². The van der Waals surface area contributed by atoms with Crippen LogP contribution in [0, 0.1) is 0 Å². The second kappa shape index (κ2) is 9.05. The molecular weight excluding hydrogens is 376 g/mol. The molecule has 2 aromatic carbocycles. The molecule has 0 bridgehead atoms. The Labute approximate surface area is 177 Å². The van der Waals surface area contributed by atoms with Gasteiger partial charge in [0, 0.05) is 24.3 Å². The Balaban J connectivity index is 1.74. The van der Waals surface area contributed by atoms with Gasteiger partial charge >= 0.3 is 0 Å². The number of allylic oxidation sites excluding steroid dienone is 1. The lowest BCUT2D eigenvalue weighted by molar-refractivity contribution is 0.0737. The lowest BCUT2D eigenvalue weighted by Gasteiger charge is -2.20. The molecule has 6 heteroatoms. The summed E-state index contributed by atoms with van der Waals surface area (Å²) in [6.45, 7) is 9.50. The van der Waals surface area contributed by atoms with Crippen molar-refractivity contribution in [1.29, 1.82) is 0 Å². The van der Waals surface area contributed by atoms with Gasteiger partial charge in [-0.05, 0) is 63.6 Å². The van der Waals surface area contributed by atoms with Crippen LogP contribution < -0.4 is 4.90 Å². The largest absolute Gasteiger partial charge is 0.384 e. The molecule has 0 aliphatic carbocycles. The molecule has 0 aliphatic rings. The number of ketones is 1. The number of hydrogen-bond acceptors (Lipinski definition) is 5. The first-order chi connectivity index (χ1) is 14.3. The van der Waals surface area contributed by atoms with Crippen molar-refractivity contribution in [3.8, 4) is 5.69 Å². The van der Waals surface area contributed by atoms with Gasteiger partial charge in [-0.15, -0.1) is 5.10 Å². The summed E-state index contributed by atoms with van der Waals surface area (Å²) < 4.78 is 1.56. The van der Waals surface area contributed by atoms with Gasteiger partial charge in [-0.3, -0.25) is 4.79 Å². The Morgan fingerprint density at radius 2 is 1.83 bits per heavy atom. The predicted octanol–water partition coefficient (Wildman–Crippen LogP) is 4.24. The van der Waals surface area contributed by atoms with E-state index in [2.05, 4.69) is 41.2 Å². The summed E-state index contributed by atoms with van der Waals surface area (Å²) in [4.78, 5) is 14.9. The van der Waals surface area contributed by atoms with E-state index in [0.29, 0.717) is 16.9 Å². The second-order valence-corrected chi connectivity index (χ2v) is 7.62. The SMILES string of the molecule is CCN(CC)c1ccc(/C=C/C(=O)c2cccc(-n3cc(C(C)(C)O)nn3)c2)cc1. The Kier molecular flexibility index (Phi) is 6.47. The fraction of sp³-hybridized carbons (Fsp3) is 0.292. The van der Waals surface area contributed by atoms with Crippen LogP contribution in [0.4, 0.5) is 5.69 Å². The van der Waals surface area contributed by atoms with Gasteiger partial charge in [0.1, 0.15) is 11.3 Å². The molecule has 6 nitrogen and oxygen atoms in total. The Morgan fingerprint density at radius 3 is 2.43 bits per heavy atom. The highest BCUT2D eigenvalue weighted by Gasteiger charge is 2.20. The third-order valence-corrected chi connectivity index (χ3v) is 4.96. The Hall–Kier alpha value is -3.25. The number of carbonyl (C=O) groups is 1. The zero-order chi connectivity index (χ0) is 21.7. The number of benzene rings is 2. The maximum absolute atomic E-state index is 12.7. The molecule has 0 fully saturated rings. The van der Waals surface area contributed by atoms with Gasteiger partial charge in [0.15, 0.2) is 5.78 Å². The van der Waals surface area contributed by atoms with E-state index in [9.17, 15) is 9.90 Å². The quantitative estimate of drug-likeness (QED) is 0.449. The topological polar surface area (TPSA) is 71.2 Å². The van der Waals surface area contributed by atoms with Crippen molar-refractivity contribution in [3.63, 3.8) is 0 Å². The van der Waals surface area contributed by atoms with Crippen LogP contribution in [0.15, 0.2) is 60.8 Å². The summed E-state index contributed by atoms with van der Waals surface area (Å²) in [6.07, 6.45) is 5.06. The second-order valence-electron chi connectivity index (χ2n) is 7.62. The molecule has 0 atom stereocenters. The number of carbonyl (C=O) groups excluding carboxylic acids is 1. The van der Waals surface area contributed by atoms with Crippen LogP contribution in [0.2, 0.25) is 0 Å². The van der Waals surface area contributed by atoms with Gasteiger partial charge in [-0.25, -0.2) is 4.68 Å². The number of rotatable bonds is 8. The molecule has 0 radical (unpaired) electrons. The van der Waals surface area contributed by atoms with Gasteiger partial charge in [-0.2, -0.15) is 0 Å². The van der Waals surface area contributed by atoms with Gasteiger partial charge < -0.3 is 10.0 Å². The molecule has 0 amide bonds. The predicted molar refractivity (Wildman–Crippen MR) is 120 cm³/mol. The molecule has 0 spiro atoms. The third-order valence-electron chi connectivity index (χ3n) is 4.96. The number of anilines is 1. The van der Waals surface area contributed by atoms with Gasteiger partial charge in [0.05, 0.1) is 11.9 Å². The van der Waals surface area contributed by atoms with E-state index in [1.807, 2.05) is 24.3 Å². The number of aromatic nitrogens is 3. The summed E-state index contributed by atoms with van der Waals surface area (Å²) in [5.74, 6) is -0.0903. The van der Waals surface area contributed by atoms with E-state index < -0.39 is 5.60 Å². The minimum atomic E-state index is -1.07. The first-order valence-corrected chi connectivity index (χ1v) is 10.1. The standard InChI is InChI=1S/C24H28N4O2/c1-5-27(6-2)20-13-10-18(11-14-20)12-15-22(29)19-8-7-9-21(16-19)28-17-23(25-26-28)24(3,4)30/h7-17,30H,5-6H2,1-4H3/b15-12+. The maximum Gasteiger partial charge on any atom is 0.185 e. The molecule has 1 N–H and O–H groups in total. The molecule has 0 saturated heterocycles. The number of hydrogen-bond donors (Lipinski definition) is 1. The lowest BCUT2D eigenvalue weighted by atomic mass is 10.1. The summed E-state index contributed by atoms with van der Waals surface area (Å²) in [6, 6.07) is 15.4. The van der Waals surface area contributed by atoms with Crippen molar-refractivity contribution in [2.75, 3.05) is 18.0 Å².